The molecule has 0 saturated carbocycles. The van der Waals surface area contributed by atoms with Crippen LogP contribution < -0.4 is 0 Å². The van der Waals surface area contributed by atoms with E-state index >= 15 is 0 Å². The highest BCUT2D eigenvalue weighted by Crippen LogP contribution is 2.14. The monoisotopic (exact) mass is 321 g/mol. The molecular weight excluding hydrogens is 298 g/mol. The molecule has 2 amide bonds. The SMILES string of the molecule is CN(C)C(=O)N1CCN(Cc2ccccc2C(=O)O)C[C@@H](O)C1. The summed E-state index contributed by atoms with van der Waals surface area (Å²) in [5.41, 5.74) is 0.979. The third-order valence-electron chi connectivity index (χ3n) is 3.88. The van der Waals surface area contributed by atoms with E-state index in [0.717, 1.165) is 0 Å². The van der Waals surface area contributed by atoms with Gasteiger partial charge < -0.3 is 20.0 Å². The van der Waals surface area contributed by atoms with Gasteiger partial charge in [0, 0.05) is 46.8 Å². The summed E-state index contributed by atoms with van der Waals surface area (Å²) in [5.74, 6) is -0.958. The molecule has 2 N–H and O–H groups in total. The van der Waals surface area contributed by atoms with Crippen LogP contribution in [-0.2, 0) is 6.54 Å². The van der Waals surface area contributed by atoms with Crippen molar-refractivity contribution in [2.75, 3.05) is 40.3 Å². The highest BCUT2D eigenvalue weighted by molar-refractivity contribution is 5.89. The van der Waals surface area contributed by atoms with Crippen molar-refractivity contribution in [2.45, 2.75) is 12.6 Å². The number of carbonyl (C=O) groups excluding carboxylic acids is 1. The smallest absolute Gasteiger partial charge is 0.336 e. The Balaban J connectivity index is 2.08. The van der Waals surface area contributed by atoms with Crippen molar-refractivity contribution in [3.63, 3.8) is 0 Å². The zero-order chi connectivity index (χ0) is 17.0. The molecule has 0 radical (unpaired) electrons. The lowest BCUT2D eigenvalue weighted by Gasteiger charge is -2.25. The summed E-state index contributed by atoms with van der Waals surface area (Å²) in [7, 11) is 3.36. The van der Waals surface area contributed by atoms with Gasteiger partial charge in [0.05, 0.1) is 11.7 Å². The molecule has 0 aromatic heterocycles. The van der Waals surface area contributed by atoms with E-state index in [-0.39, 0.29) is 18.1 Å². The van der Waals surface area contributed by atoms with Crippen LogP contribution in [0, 0.1) is 0 Å². The number of β-amino-alcohol motifs (C(OH)–C–C–N with tert-alkyl or cyclic N) is 1. The van der Waals surface area contributed by atoms with Crippen LogP contribution in [0.3, 0.4) is 0 Å². The van der Waals surface area contributed by atoms with Gasteiger partial charge in [0.1, 0.15) is 0 Å². The average Bonchev–Trinajstić information content (AvgIpc) is 2.68. The first-order chi connectivity index (χ1) is 10.9. The van der Waals surface area contributed by atoms with E-state index in [9.17, 15) is 19.8 Å². The van der Waals surface area contributed by atoms with Crippen LogP contribution in [0.25, 0.3) is 0 Å². The van der Waals surface area contributed by atoms with Crippen molar-refractivity contribution < 1.29 is 19.8 Å². The molecule has 2 rings (SSSR count). The van der Waals surface area contributed by atoms with E-state index in [2.05, 4.69) is 0 Å². The quantitative estimate of drug-likeness (QED) is 0.849. The molecule has 1 aliphatic rings. The second kappa shape index (κ2) is 7.43. The van der Waals surface area contributed by atoms with Gasteiger partial charge in [-0.2, -0.15) is 0 Å². The molecule has 0 bridgehead atoms. The summed E-state index contributed by atoms with van der Waals surface area (Å²) in [6.45, 7) is 2.22. The molecule has 1 heterocycles. The molecule has 1 aliphatic heterocycles. The van der Waals surface area contributed by atoms with Crippen molar-refractivity contribution in [1.82, 2.24) is 14.7 Å². The van der Waals surface area contributed by atoms with Crippen LogP contribution in [-0.4, -0.2) is 83.3 Å². The Kier molecular flexibility index (Phi) is 5.57. The first-order valence-corrected chi connectivity index (χ1v) is 7.56. The third kappa shape index (κ3) is 4.43. The standard InChI is InChI=1S/C16H23N3O4/c1-17(2)16(23)19-8-7-18(10-13(20)11-19)9-12-5-3-4-6-14(12)15(21)22/h3-6,13,20H,7-11H2,1-2H3,(H,21,22)/t13-/m1/s1. The maximum atomic E-state index is 12.0. The first kappa shape index (κ1) is 17.2. The van der Waals surface area contributed by atoms with Crippen LogP contribution in [0.1, 0.15) is 15.9 Å². The summed E-state index contributed by atoms with van der Waals surface area (Å²) >= 11 is 0. The van der Waals surface area contributed by atoms with E-state index in [1.165, 1.54) is 4.90 Å². The largest absolute Gasteiger partial charge is 0.478 e. The third-order valence-corrected chi connectivity index (χ3v) is 3.88. The Bertz CT molecular complexity index is 576. The Labute approximate surface area is 135 Å². The molecular formula is C16H23N3O4. The topological polar surface area (TPSA) is 84.3 Å². The molecule has 0 aliphatic carbocycles. The van der Waals surface area contributed by atoms with Gasteiger partial charge in [-0.25, -0.2) is 9.59 Å². The second-order valence-corrected chi connectivity index (χ2v) is 5.97. The van der Waals surface area contributed by atoms with E-state index in [1.807, 2.05) is 4.90 Å². The molecule has 126 valence electrons. The number of urea groups is 1. The number of hydrogen-bond donors (Lipinski definition) is 2. The van der Waals surface area contributed by atoms with Crippen LogP contribution >= 0.6 is 0 Å². The van der Waals surface area contributed by atoms with Crippen LogP contribution in [0.5, 0.6) is 0 Å². The number of benzene rings is 1. The predicted molar refractivity (Wildman–Crippen MR) is 85.3 cm³/mol. The lowest BCUT2D eigenvalue weighted by molar-refractivity contribution is 0.0693. The van der Waals surface area contributed by atoms with Gasteiger partial charge >= 0.3 is 12.0 Å². The van der Waals surface area contributed by atoms with Crippen LogP contribution in [0.2, 0.25) is 0 Å². The van der Waals surface area contributed by atoms with Gasteiger partial charge in [0.2, 0.25) is 0 Å². The van der Waals surface area contributed by atoms with Gasteiger partial charge in [-0.3, -0.25) is 4.90 Å². The number of amides is 2. The molecule has 1 saturated heterocycles. The fourth-order valence-electron chi connectivity index (χ4n) is 2.76. The molecule has 23 heavy (non-hydrogen) atoms. The van der Waals surface area contributed by atoms with E-state index < -0.39 is 12.1 Å². The number of aliphatic hydroxyl groups excluding tert-OH is 1. The number of nitrogens with zero attached hydrogens (tertiary/aromatic N) is 3. The zero-order valence-electron chi connectivity index (χ0n) is 13.5. The normalized spacial score (nSPS) is 19.3. The average molecular weight is 321 g/mol. The van der Waals surface area contributed by atoms with E-state index in [4.69, 9.17) is 0 Å². The van der Waals surface area contributed by atoms with Crippen molar-refractivity contribution in [2.24, 2.45) is 0 Å². The Morgan fingerprint density at radius 2 is 1.91 bits per heavy atom. The summed E-state index contributed by atoms with van der Waals surface area (Å²) in [5, 5.41) is 19.4. The predicted octanol–water partition coefficient (Wildman–Crippen LogP) is 0.545. The fourth-order valence-corrected chi connectivity index (χ4v) is 2.76. The maximum absolute atomic E-state index is 12.0. The molecule has 7 nitrogen and oxygen atoms in total. The number of hydrogen-bond acceptors (Lipinski definition) is 4. The number of aliphatic hydroxyl groups is 1. The van der Waals surface area contributed by atoms with Gasteiger partial charge in [0.15, 0.2) is 0 Å². The summed E-state index contributed by atoms with van der Waals surface area (Å²) in [4.78, 5) is 28.4. The molecule has 1 fully saturated rings. The summed E-state index contributed by atoms with van der Waals surface area (Å²) < 4.78 is 0. The number of aromatic carboxylic acids is 1. The highest BCUT2D eigenvalue weighted by atomic mass is 16.4. The van der Waals surface area contributed by atoms with Crippen molar-refractivity contribution in [3.05, 3.63) is 35.4 Å². The van der Waals surface area contributed by atoms with Crippen LogP contribution in [0.4, 0.5) is 4.79 Å². The second-order valence-electron chi connectivity index (χ2n) is 5.97. The molecule has 1 aromatic carbocycles. The van der Waals surface area contributed by atoms with Gasteiger partial charge in [-0.15, -0.1) is 0 Å². The van der Waals surface area contributed by atoms with Crippen molar-refractivity contribution >= 4 is 12.0 Å². The lowest BCUT2D eigenvalue weighted by atomic mass is 10.1. The number of carboxylic acids is 1. The summed E-state index contributed by atoms with van der Waals surface area (Å²) in [6.07, 6.45) is -0.654. The number of carboxylic acid groups (broad SMARTS) is 1. The van der Waals surface area contributed by atoms with Crippen LogP contribution in [0.15, 0.2) is 24.3 Å². The molecule has 7 heteroatoms. The molecule has 1 atom stereocenters. The highest BCUT2D eigenvalue weighted by Gasteiger charge is 2.25. The molecule has 0 unspecified atom stereocenters. The minimum Gasteiger partial charge on any atom is -0.478 e. The van der Waals surface area contributed by atoms with Crippen molar-refractivity contribution in [3.8, 4) is 0 Å². The maximum Gasteiger partial charge on any atom is 0.336 e. The Morgan fingerprint density at radius 3 is 2.57 bits per heavy atom. The molecule has 0 spiro atoms. The lowest BCUT2D eigenvalue weighted by Crippen LogP contribution is -2.43. The minimum atomic E-state index is -0.958. The Morgan fingerprint density at radius 1 is 1.22 bits per heavy atom. The summed E-state index contributed by atoms with van der Waals surface area (Å²) in [6, 6.07) is 6.73. The number of carbonyl (C=O) groups is 2. The molecule has 1 aromatic rings. The van der Waals surface area contributed by atoms with Gasteiger partial charge in [0.25, 0.3) is 0 Å². The van der Waals surface area contributed by atoms with E-state index in [1.54, 1.807) is 43.3 Å². The first-order valence-electron chi connectivity index (χ1n) is 7.56. The Hall–Kier alpha value is -2.12. The van der Waals surface area contributed by atoms with Gasteiger partial charge in [-0.05, 0) is 11.6 Å². The minimum absolute atomic E-state index is 0.128. The van der Waals surface area contributed by atoms with Crippen molar-refractivity contribution in [1.29, 1.82) is 0 Å². The van der Waals surface area contributed by atoms with E-state index in [0.29, 0.717) is 31.7 Å². The fraction of sp³-hybridized carbons (Fsp3) is 0.500. The zero-order valence-corrected chi connectivity index (χ0v) is 13.5. The van der Waals surface area contributed by atoms with Gasteiger partial charge in [-0.1, -0.05) is 18.2 Å². The number of rotatable bonds is 3.